The average molecular weight is 292 g/mol. The zero-order valence-corrected chi connectivity index (χ0v) is 13.2. The minimum atomic E-state index is -0.541. The Morgan fingerprint density at radius 3 is 2.27 bits per heavy atom. The first-order chi connectivity index (χ1) is 10.4. The van der Waals surface area contributed by atoms with Crippen LogP contribution in [0.2, 0.25) is 0 Å². The van der Waals surface area contributed by atoms with Gasteiger partial charge in [0.15, 0.2) is 0 Å². The molecule has 2 rings (SSSR count). The highest BCUT2D eigenvalue weighted by molar-refractivity contribution is 6.01. The molecule has 1 heterocycles. The smallest absolute Gasteiger partial charge is 0.267 e. The van der Waals surface area contributed by atoms with E-state index in [4.69, 9.17) is 5.73 Å². The molecule has 0 saturated carbocycles. The van der Waals surface area contributed by atoms with Gasteiger partial charge in [-0.1, -0.05) is 42.5 Å². The van der Waals surface area contributed by atoms with Crippen LogP contribution >= 0.6 is 0 Å². The number of allylic oxidation sites excluding steroid dienone is 2. The highest BCUT2D eigenvalue weighted by atomic mass is 16.1. The van der Waals surface area contributed by atoms with Gasteiger partial charge in [-0.2, -0.15) is 0 Å². The third-order valence-electron chi connectivity index (χ3n) is 3.58. The lowest BCUT2D eigenvalue weighted by Gasteiger charge is -2.13. The van der Waals surface area contributed by atoms with Crippen LogP contribution in [-0.2, 0) is 0 Å². The predicted molar refractivity (Wildman–Crippen MR) is 91.3 cm³/mol. The fourth-order valence-corrected chi connectivity index (χ4v) is 2.72. The first-order valence-electron chi connectivity index (χ1n) is 7.11. The van der Waals surface area contributed by atoms with Crippen LogP contribution in [0.4, 0.5) is 0 Å². The van der Waals surface area contributed by atoms with Crippen molar-refractivity contribution in [3.63, 3.8) is 0 Å². The number of benzene rings is 1. The standard InChI is InChI=1S/C19H20N2O/c1-12(2)16(15-8-6-5-7-9-15)14(4)17-13(3)10-11-21-18(17)19(20)22/h5-11H,3H2,1-2,4H3,(H2,20,22)/b17-14+. The van der Waals surface area contributed by atoms with E-state index in [1.54, 1.807) is 12.3 Å². The second-order valence-corrected chi connectivity index (χ2v) is 5.42. The molecule has 1 aromatic carbocycles. The Bertz CT molecular complexity index is 845. The van der Waals surface area contributed by atoms with E-state index in [9.17, 15) is 4.79 Å². The minimum Gasteiger partial charge on any atom is -0.364 e. The summed E-state index contributed by atoms with van der Waals surface area (Å²) in [6.07, 6.45) is 1.56. The van der Waals surface area contributed by atoms with Crippen LogP contribution in [-0.4, -0.2) is 10.9 Å². The van der Waals surface area contributed by atoms with Crippen molar-refractivity contribution < 1.29 is 4.79 Å². The predicted octanol–water partition coefficient (Wildman–Crippen LogP) is 2.26. The van der Waals surface area contributed by atoms with Crippen molar-refractivity contribution in [1.82, 2.24) is 4.98 Å². The number of aromatic nitrogens is 1. The van der Waals surface area contributed by atoms with Crippen molar-refractivity contribution in [2.75, 3.05) is 0 Å². The van der Waals surface area contributed by atoms with E-state index in [1.165, 1.54) is 0 Å². The lowest BCUT2D eigenvalue weighted by Crippen LogP contribution is -2.35. The molecular formula is C19H20N2O. The number of amides is 1. The van der Waals surface area contributed by atoms with E-state index in [0.29, 0.717) is 0 Å². The molecule has 112 valence electrons. The average Bonchev–Trinajstić information content (AvgIpc) is 2.47. The Kier molecular flexibility index (Phi) is 4.56. The quantitative estimate of drug-likeness (QED) is 0.943. The summed E-state index contributed by atoms with van der Waals surface area (Å²) in [7, 11) is 0. The summed E-state index contributed by atoms with van der Waals surface area (Å²) in [4.78, 5) is 15.8. The highest BCUT2D eigenvalue weighted by Gasteiger charge is 2.12. The molecule has 0 saturated heterocycles. The van der Waals surface area contributed by atoms with E-state index in [1.807, 2.05) is 25.1 Å². The summed E-state index contributed by atoms with van der Waals surface area (Å²) >= 11 is 0. The summed E-state index contributed by atoms with van der Waals surface area (Å²) < 4.78 is 0. The van der Waals surface area contributed by atoms with Crippen LogP contribution in [0.25, 0.3) is 17.7 Å². The number of nitrogens with two attached hydrogens (primary N) is 1. The van der Waals surface area contributed by atoms with Crippen LogP contribution in [0.1, 0.15) is 36.8 Å². The molecule has 0 aliphatic heterocycles. The maximum absolute atomic E-state index is 11.7. The molecule has 0 fully saturated rings. The molecule has 0 radical (unpaired) electrons. The SMILES string of the molecule is C=c1ccnc(C(N)=O)/c1=C(\C)C(=C(C)C)c1ccccc1. The third-order valence-corrected chi connectivity index (χ3v) is 3.58. The fraction of sp³-hybridized carbons (Fsp3) is 0.158. The number of carbonyl (C=O) groups excluding carboxylic acids is 1. The molecule has 2 aromatic rings. The number of carbonyl (C=O) groups is 1. The lowest BCUT2D eigenvalue weighted by molar-refractivity contribution is 0.0994. The van der Waals surface area contributed by atoms with Gasteiger partial charge in [-0.05, 0) is 48.8 Å². The number of hydrogen-bond donors (Lipinski definition) is 1. The monoisotopic (exact) mass is 292 g/mol. The minimum absolute atomic E-state index is 0.264. The summed E-state index contributed by atoms with van der Waals surface area (Å²) in [5.41, 5.74) is 10.0. The fourth-order valence-electron chi connectivity index (χ4n) is 2.72. The molecule has 22 heavy (non-hydrogen) atoms. The number of nitrogens with zero attached hydrogens (tertiary/aromatic N) is 1. The van der Waals surface area contributed by atoms with E-state index < -0.39 is 5.91 Å². The van der Waals surface area contributed by atoms with Crippen molar-refractivity contribution in [3.8, 4) is 0 Å². The molecule has 0 aliphatic carbocycles. The maximum Gasteiger partial charge on any atom is 0.267 e. The Morgan fingerprint density at radius 2 is 1.73 bits per heavy atom. The third kappa shape index (κ3) is 2.98. The van der Waals surface area contributed by atoms with Crippen LogP contribution < -0.4 is 16.2 Å². The van der Waals surface area contributed by atoms with Gasteiger partial charge in [0.2, 0.25) is 0 Å². The number of pyridine rings is 1. The molecule has 0 spiro atoms. The van der Waals surface area contributed by atoms with Gasteiger partial charge in [-0.15, -0.1) is 0 Å². The molecule has 0 bridgehead atoms. The van der Waals surface area contributed by atoms with E-state index >= 15 is 0 Å². The van der Waals surface area contributed by atoms with Crippen LogP contribution in [0.5, 0.6) is 0 Å². The Hall–Kier alpha value is -2.68. The van der Waals surface area contributed by atoms with Crippen molar-refractivity contribution in [1.29, 1.82) is 0 Å². The van der Waals surface area contributed by atoms with Gasteiger partial charge < -0.3 is 5.73 Å². The molecule has 1 amide bonds. The summed E-state index contributed by atoms with van der Waals surface area (Å²) in [6, 6.07) is 11.9. The molecule has 3 nitrogen and oxygen atoms in total. The maximum atomic E-state index is 11.7. The van der Waals surface area contributed by atoms with Gasteiger partial charge in [0, 0.05) is 11.4 Å². The topological polar surface area (TPSA) is 56.0 Å². The Labute approximate surface area is 130 Å². The van der Waals surface area contributed by atoms with Gasteiger partial charge in [0.1, 0.15) is 5.69 Å². The van der Waals surface area contributed by atoms with Gasteiger partial charge in [0.25, 0.3) is 5.91 Å². The van der Waals surface area contributed by atoms with Crippen molar-refractivity contribution in [3.05, 3.63) is 69.9 Å². The lowest BCUT2D eigenvalue weighted by atomic mass is 9.92. The zero-order chi connectivity index (χ0) is 16.3. The first-order valence-corrected chi connectivity index (χ1v) is 7.11. The second kappa shape index (κ2) is 6.39. The second-order valence-electron chi connectivity index (χ2n) is 5.42. The molecule has 0 aliphatic rings. The van der Waals surface area contributed by atoms with Gasteiger partial charge in [-0.3, -0.25) is 9.78 Å². The van der Waals surface area contributed by atoms with E-state index in [-0.39, 0.29) is 5.69 Å². The normalized spacial score (nSPS) is 11.8. The zero-order valence-electron chi connectivity index (χ0n) is 13.2. The Morgan fingerprint density at radius 1 is 1.09 bits per heavy atom. The van der Waals surface area contributed by atoms with Crippen LogP contribution in [0.15, 0.2) is 48.2 Å². The summed E-state index contributed by atoms with van der Waals surface area (Å²) in [6.45, 7) is 10.1. The van der Waals surface area contributed by atoms with Crippen LogP contribution in [0.3, 0.4) is 0 Å². The van der Waals surface area contributed by atoms with Crippen molar-refractivity contribution >= 4 is 23.6 Å². The number of primary amides is 1. The molecule has 0 unspecified atom stereocenters. The number of rotatable bonds is 3. The van der Waals surface area contributed by atoms with Crippen molar-refractivity contribution in [2.24, 2.45) is 5.73 Å². The summed E-state index contributed by atoms with van der Waals surface area (Å²) in [5, 5.41) is 1.46. The van der Waals surface area contributed by atoms with E-state index in [0.717, 1.165) is 32.7 Å². The number of hydrogen-bond acceptors (Lipinski definition) is 2. The highest BCUT2D eigenvalue weighted by Crippen LogP contribution is 2.26. The van der Waals surface area contributed by atoms with Gasteiger partial charge in [-0.25, -0.2) is 0 Å². The molecule has 3 heteroatoms. The molecule has 1 aromatic heterocycles. The van der Waals surface area contributed by atoms with Gasteiger partial charge in [0.05, 0.1) is 0 Å². The van der Waals surface area contributed by atoms with Crippen molar-refractivity contribution in [2.45, 2.75) is 20.8 Å². The van der Waals surface area contributed by atoms with E-state index in [2.05, 4.69) is 37.5 Å². The summed E-state index contributed by atoms with van der Waals surface area (Å²) in [5.74, 6) is -0.541. The molecule has 2 N–H and O–H groups in total. The Balaban J connectivity index is 2.90. The molecule has 0 atom stereocenters. The molecular weight excluding hydrogens is 272 g/mol. The van der Waals surface area contributed by atoms with Gasteiger partial charge >= 0.3 is 0 Å². The first kappa shape index (κ1) is 15.7. The largest absolute Gasteiger partial charge is 0.364 e. The van der Waals surface area contributed by atoms with Crippen LogP contribution in [0, 0.1) is 0 Å².